The van der Waals surface area contributed by atoms with Crippen LogP contribution in [0.1, 0.15) is 0 Å². The van der Waals surface area contributed by atoms with Gasteiger partial charge in [-0.2, -0.15) is 0 Å². The maximum atomic E-state index is 3.96. The van der Waals surface area contributed by atoms with Gasteiger partial charge in [0, 0.05) is 6.20 Å². The van der Waals surface area contributed by atoms with Crippen LogP contribution in [0, 0.1) is 6.20 Å². The first-order valence-corrected chi connectivity index (χ1v) is 2.62. The van der Waals surface area contributed by atoms with Crippen molar-refractivity contribution in [2.45, 2.75) is 0 Å². The summed E-state index contributed by atoms with van der Waals surface area (Å²) in [7, 11) is 0. The Labute approximate surface area is 52.1 Å². The molecule has 0 aromatic heterocycles. The Hall–Kier alpha value is -1.38. The molecular weight excluding hydrogens is 114 g/mol. The van der Waals surface area contributed by atoms with Gasteiger partial charge < -0.3 is 4.98 Å². The lowest BCUT2D eigenvalue weighted by Crippen LogP contribution is -1.84. The van der Waals surface area contributed by atoms with Crippen LogP contribution in [-0.4, -0.2) is 15.0 Å². The lowest BCUT2D eigenvalue weighted by atomic mass is 10.4. The van der Waals surface area contributed by atoms with E-state index in [1.54, 1.807) is 12.4 Å². The quantitative estimate of drug-likeness (QED) is 0.553. The van der Waals surface area contributed by atoms with Gasteiger partial charge in [0.05, 0.1) is 18.1 Å². The summed E-state index contributed by atoms with van der Waals surface area (Å²) in [6, 6.07) is 1.86. The van der Waals surface area contributed by atoms with Crippen molar-refractivity contribution in [2.75, 3.05) is 0 Å². The van der Waals surface area contributed by atoms with Crippen molar-refractivity contribution >= 4 is 0 Å². The molecule has 0 atom stereocenters. The van der Waals surface area contributed by atoms with Crippen molar-refractivity contribution in [1.82, 2.24) is 15.0 Å². The number of fused-ring (bicyclic) bond motifs is 1. The Morgan fingerprint density at radius 2 is 2.44 bits per heavy atom. The van der Waals surface area contributed by atoms with Crippen molar-refractivity contribution in [3.63, 3.8) is 0 Å². The average Bonchev–Trinajstić information content (AvgIpc) is 2.33. The fourth-order valence-corrected chi connectivity index (χ4v) is 0.730. The maximum Gasteiger partial charge on any atom is 0.176 e. The molecule has 3 heteroatoms. The Morgan fingerprint density at radius 1 is 1.44 bits per heavy atom. The number of rotatable bonds is 0. The highest BCUT2D eigenvalue weighted by Gasteiger charge is 2.00. The van der Waals surface area contributed by atoms with E-state index < -0.39 is 0 Å². The highest BCUT2D eigenvalue weighted by molar-refractivity contribution is 5.49. The number of nitrogens with zero attached hydrogens (tertiary/aromatic N) is 2. The highest BCUT2D eigenvalue weighted by Crippen LogP contribution is 2.10. The topological polar surface area (TPSA) is 41.6 Å². The normalized spacial score (nSPS) is 10.2. The van der Waals surface area contributed by atoms with E-state index in [0.29, 0.717) is 0 Å². The molecule has 43 valence electrons. The predicted octanol–water partition coefficient (Wildman–Crippen LogP) is 0.710. The van der Waals surface area contributed by atoms with E-state index in [0.717, 1.165) is 11.5 Å². The standard InChI is InChI=1S/C6H4N3/c1-2-8-6-5(1)7-3-4-9-6/h1-2,4,7H. The summed E-state index contributed by atoms with van der Waals surface area (Å²) in [5.41, 5.74) is 0.928. The van der Waals surface area contributed by atoms with Crippen LogP contribution in [0.3, 0.4) is 0 Å². The molecule has 1 radical (unpaired) electrons. The zero-order valence-electron chi connectivity index (χ0n) is 4.63. The third kappa shape index (κ3) is 0.579. The van der Waals surface area contributed by atoms with E-state index in [1.807, 2.05) is 6.07 Å². The molecule has 0 fully saturated rings. The Morgan fingerprint density at radius 3 is 3.33 bits per heavy atom. The molecule has 0 spiro atoms. The largest absolute Gasteiger partial charge is 0.349 e. The van der Waals surface area contributed by atoms with E-state index in [1.165, 1.54) is 0 Å². The fourth-order valence-electron chi connectivity index (χ4n) is 0.730. The van der Waals surface area contributed by atoms with Crippen LogP contribution in [0.15, 0.2) is 18.5 Å². The molecule has 0 saturated heterocycles. The first-order chi connectivity index (χ1) is 4.47. The minimum atomic E-state index is 0.744. The molecular formula is C6H4N3. The van der Waals surface area contributed by atoms with Crippen molar-refractivity contribution < 1.29 is 0 Å². The van der Waals surface area contributed by atoms with E-state index in [2.05, 4.69) is 21.1 Å². The summed E-state index contributed by atoms with van der Waals surface area (Å²) < 4.78 is 0. The molecule has 2 aliphatic heterocycles. The van der Waals surface area contributed by atoms with Gasteiger partial charge in [0.15, 0.2) is 5.82 Å². The number of hydrogen-bond donors (Lipinski definition) is 1. The molecule has 2 aliphatic rings. The van der Waals surface area contributed by atoms with Crippen LogP contribution in [0.25, 0.3) is 11.5 Å². The van der Waals surface area contributed by atoms with Gasteiger partial charge in [-0.05, 0) is 6.07 Å². The molecule has 0 aromatic carbocycles. The van der Waals surface area contributed by atoms with Gasteiger partial charge in [-0.25, -0.2) is 9.97 Å². The summed E-state index contributed by atoms with van der Waals surface area (Å²) in [5, 5.41) is 0. The lowest BCUT2D eigenvalue weighted by molar-refractivity contribution is 1.15. The van der Waals surface area contributed by atoms with Crippen molar-refractivity contribution in [1.29, 1.82) is 0 Å². The number of H-pyrrole nitrogens is 1. The fraction of sp³-hybridized carbons (Fsp3) is 0. The summed E-state index contributed by atoms with van der Waals surface area (Å²) in [4.78, 5) is 10.8. The first kappa shape index (κ1) is 4.49. The molecule has 0 aromatic rings. The molecule has 3 nitrogen and oxygen atoms in total. The highest BCUT2D eigenvalue weighted by atomic mass is 14.9. The van der Waals surface area contributed by atoms with Gasteiger partial charge in [-0.15, -0.1) is 0 Å². The van der Waals surface area contributed by atoms with Gasteiger partial charge >= 0.3 is 0 Å². The van der Waals surface area contributed by atoms with Crippen LogP contribution in [-0.2, 0) is 0 Å². The number of aromatic nitrogens is 3. The molecule has 0 unspecified atom stereocenters. The minimum Gasteiger partial charge on any atom is -0.349 e. The van der Waals surface area contributed by atoms with E-state index in [-0.39, 0.29) is 0 Å². The Balaban J connectivity index is 2.79. The van der Waals surface area contributed by atoms with Crippen LogP contribution < -0.4 is 0 Å². The average molecular weight is 118 g/mol. The molecule has 1 N–H and O–H groups in total. The molecule has 0 amide bonds. The third-order valence-corrected chi connectivity index (χ3v) is 1.14. The SMILES string of the molecule is [c]1cnc2nccc-2[nH]1. The zero-order chi connectivity index (χ0) is 6.10. The Kier molecular flexibility index (Phi) is 0.773. The number of hydrogen-bond acceptors (Lipinski definition) is 2. The van der Waals surface area contributed by atoms with Gasteiger partial charge in [0.2, 0.25) is 0 Å². The number of nitrogens with one attached hydrogen (secondary N) is 1. The molecule has 2 rings (SSSR count). The van der Waals surface area contributed by atoms with Gasteiger partial charge in [0.1, 0.15) is 0 Å². The summed E-state index contributed by atoms with van der Waals surface area (Å²) in [6.07, 6.45) is 6.02. The molecule has 9 heavy (non-hydrogen) atoms. The first-order valence-electron chi connectivity index (χ1n) is 2.62. The van der Waals surface area contributed by atoms with E-state index in [9.17, 15) is 0 Å². The monoisotopic (exact) mass is 118 g/mol. The second kappa shape index (κ2) is 1.55. The molecule has 0 bridgehead atoms. The van der Waals surface area contributed by atoms with Gasteiger partial charge in [-0.3, -0.25) is 0 Å². The van der Waals surface area contributed by atoms with Crippen molar-refractivity contribution in [2.24, 2.45) is 0 Å². The second-order valence-corrected chi connectivity index (χ2v) is 1.71. The van der Waals surface area contributed by atoms with Crippen LogP contribution in [0.2, 0.25) is 0 Å². The van der Waals surface area contributed by atoms with Gasteiger partial charge in [0.25, 0.3) is 0 Å². The smallest absolute Gasteiger partial charge is 0.176 e. The molecule has 2 heterocycles. The summed E-state index contributed by atoms with van der Waals surface area (Å²) >= 11 is 0. The van der Waals surface area contributed by atoms with Crippen molar-refractivity contribution in [3.05, 3.63) is 24.7 Å². The maximum absolute atomic E-state index is 3.96. The second-order valence-electron chi connectivity index (χ2n) is 1.71. The van der Waals surface area contributed by atoms with Crippen molar-refractivity contribution in [3.8, 4) is 11.5 Å². The lowest BCUT2D eigenvalue weighted by Gasteiger charge is -1.90. The molecule has 0 saturated carbocycles. The van der Waals surface area contributed by atoms with Gasteiger partial charge in [-0.1, -0.05) is 0 Å². The summed E-state index contributed by atoms with van der Waals surface area (Å²) in [6.45, 7) is 0. The predicted molar refractivity (Wildman–Crippen MR) is 31.8 cm³/mol. The van der Waals surface area contributed by atoms with Crippen LogP contribution in [0.5, 0.6) is 0 Å². The van der Waals surface area contributed by atoms with E-state index >= 15 is 0 Å². The van der Waals surface area contributed by atoms with Crippen LogP contribution >= 0.6 is 0 Å². The van der Waals surface area contributed by atoms with Crippen LogP contribution in [0.4, 0.5) is 0 Å². The third-order valence-electron chi connectivity index (χ3n) is 1.14. The summed E-state index contributed by atoms with van der Waals surface area (Å²) in [5.74, 6) is 0.744. The number of aromatic amines is 1. The zero-order valence-corrected chi connectivity index (χ0v) is 4.63. The molecule has 0 aliphatic carbocycles. The Bertz CT molecular complexity index is 248. The minimum absolute atomic E-state index is 0.744. The van der Waals surface area contributed by atoms with E-state index in [4.69, 9.17) is 0 Å².